The van der Waals surface area contributed by atoms with Crippen LogP contribution in [0.2, 0.25) is 5.02 Å². The molecular formula is C14H13BrClNS3. The first-order valence-electron chi connectivity index (χ1n) is 6.34. The summed E-state index contributed by atoms with van der Waals surface area (Å²) in [6.45, 7) is 3.19. The zero-order valence-corrected chi connectivity index (χ0v) is 15.6. The van der Waals surface area contributed by atoms with Gasteiger partial charge >= 0.3 is 0 Å². The zero-order chi connectivity index (χ0) is 14.1. The first kappa shape index (κ1) is 15.0. The van der Waals surface area contributed by atoms with Crippen molar-refractivity contribution in [2.75, 3.05) is 6.54 Å². The SMILES string of the molecule is CCCNC(c1cc(Cl)c(Br)s1)c1cc2sccc2s1. The van der Waals surface area contributed by atoms with Crippen LogP contribution in [0.15, 0.2) is 27.4 Å². The number of thiophene rings is 3. The van der Waals surface area contributed by atoms with Crippen LogP contribution in [0.5, 0.6) is 0 Å². The van der Waals surface area contributed by atoms with Crippen molar-refractivity contribution in [2.24, 2.45) is 0 Å². The number of halogens is 2. The average molecular weight is 407 g/mol. The molecular weight excluding hydrogens is 394 g/mol. The second-order valence-corrected chi connectivity index (χ2v) is 9.33. The average Bonchev–Trinajstić information content (AvgIpc) is 3.06. The van der Waals surface area contributed by atoms with Crippen LogP contribution >= 0.6 is 61.5 Å². The van der Waals surface area contributed by atoms with E-state index in [1.807, 2.05) is 11.3 Å². The maximum absolute atomic E-state index is 6.19. The van der Waals surface area contributed by atoms with Crippen molar-refractivity contribution in [3.05, 3.63) is 42.1 Å². The van der Waals surface area contributed by atoms with Crippen molar-refractivity contribution in [1.29, 1.82) is 0 Å². The molecule has 1 N–H and O–H groups in total. The van der Waals surface area contributed by atoms with E-state index in [-0.39, 0.29) is 6.04 Å². The second kappa shape index (κ2) is 6.46. The van der Waals surface area contributed by atoms with E-state index >= 15 is 0 Å². The third kappa shape index (κ3) is 2.98. The molecule has 20 heavy (non-hydrogen) atoms. The van der Waals surface area contributed by atoms with Gasteiger partial charge < -0.3 is 5.32 Å². The van der Waals surface area contributed by atoms with Gasteiger partial charge in [-0.25, -0.2) is 0 Å². The van der Waals surface area contributed by atoms with E-state index in [0.717, 1.165) is 21.8 Å². The lowest BCUT2D eigenvalue weighted by Crippen LogP contribution is -2.21. The summed E-state index contributed by atoms with van der Waals surface area (Å²) < 4.78 is 3.75. The number of fused-ring (bicyclic) bond motifs is 1. The molecule has 0 spiro atoms. The Morgan fingerprint density at radius 3 is 2.70 bits per heavy atom. The van der Waals surface area contributed by atoms with Crippen LogP contribution in [0.3, 0.4) is 0 Å². The lowest BCUT2D eigenvalue weighted by atomic mass is 10.2. The van der Waals surface area contributed by atoms with Crippen molar-refractivity contribution in [1.82, 2.24) is 5.32 Å². The molecule has 0 aromatic carbocycles. The van der Waals surface area contributed by atoms with Gasteiger partial charge in [-0.3, -0.25) is 0 Å². The molecule has 0 aliphatic rings. The monoisotopic (exact) mass is 405 g/mol. The molecule has 3 aromatic heterocycles. The number of hydrogen-bond acceptors (Lipinski definition) is 4. The van der Waals surface area contributed by atoms with Crippen LogP contribution in [0, 0.1) is 0 Å². The van der Waals surface area contributed by atoms with Gasteiger partial charge in [-0.05, 0) is 52.5 Å². The summed E-state index contributed by atoms with van der Waals surface area (Å²) in [4.78, 5) is 2.63. The van der Waals surface area contributed by atoms with Gasteiger partial charge in [0.05, 0.1) is 14.9 Å². The highest BCUT2D eigenvalue weighted by Crippen LogP contribution is 2.41. The molecule has 0 radical (unpaired) electrons. The minimum Gasteiger partial charge on any atom is -0.305 e. The maximum atomic E-state index is 6.19. The fourth-order valence-electron chi connectivity index (χ4n) is 2.06. The van der Waals surface area contributed by atoms with Crippen LogP contribution in [0.25, 0.3) is 9.40 Å². The van der Waals surface area contributed by atoms with E-state index in [9.17, 15) is 0 Å². The van der Waals surface area contributed by atoms with Gasteiger partial charge in [0.1, 0.15) is 0 Å². The van der Waals surface area contributed by atoms with Gasteiger partial charge in [0.25, 0.3) is 0 Å². The predicted octanol–water partition coefficient (Wildman–Crippen LogP) is 6.53. The Bertz CT molecular complexity index is 667. The number of nitrogens with one attached hydrogen (secondary N) is 1. The Morgan fingerprint density at radius 1 is 1.25 bits per heavy atom. The number of hydrogen-bond donors (Lipinski definition) is 1. The Balaban J connectivity index is 1.98. The summed E-state index contributed by atoms with van der Waals surface area (Å²) in [6.07, 6.45) is 1.12. The Kier molecular flexibility index (Phi) is 4.85. The van der Waals surface area contributed by atoms with Crippen LogP contribution in [0.4, 0.5) is 0 Å². The van der Waals surface area contributed by atoms with Gasteiger partial charge in [0, 0.05) is 19.2 Å². The van der Waals surface area contributed by atoms with Crippen LogP contribution in [-0.2, 0) is 0 Å². The second-order valence-electron chi connectivity index (χ2n) is 4.46. The standard InChI is InChI=1S/C14H13BrClNS3/c1-2-4-17-13(11-6-8(16)14(15)20-11)12-7-10-9(19-12)3-5-18-10/h3,5-7,13,17H,2,4H2,1H3. The van der Waals surface area contributed by atoms with E-state index in [1.54, 1.807) is 22.7 Å². The van der Waals surface area contributed by atoms with E-state index < -0.39 is 0 Å². The topological polar surface area (TPSA) is 12.0 Å². The number of rotatable bonds is 5. The predicted molar refractivity (Wildman–Crippen MR) is 96.9 cm³/mol. The van der Waals surface area contributed by atoms with Gasteiger partial charge in [0.15, 0.2) is 0 Å². The molecule has 0 saturated heterocycles. The summed E-state index contributed by atoms with van der Waals surface area (Å²) in [5.41, 5.74) is 0. The molecule has 6 heteroatoms. The largest absolute Gasteiger partial charge is 0.305 e. The van der Waals surface area contributed by atoms with Gasteiger partial charge in [-0.2, -0.15) is 0 Å². The molecule has 3 aromatic rings. The Labute approximate surface area is 143 Å². The highest BCUT2D eigenvalue weighted by molar-refractivity contribution is 9.11. The molecule has 0 amide bonds. The summed E-state index contributed by atoms with van der Waals surface area (Å²) in [5, 5.41) is 6.59. The molecule has 106 valence electrons. The van der Waals surface area contributed by atoms with Crippen LogP contribution in [-0.4, -0.2) is 6.54 Å². The Morgan fingerprint density at radius 2 is 2.05 bits per heavy atom. The molecule has 3 heterocycles. The fourth-order valence-corrected chi connectivity index (χ4v) is 6.19. The van der Waals surface area contributed by atoms with Gasteiger partial charge in [-0.1, -0.05) is 18.5 Å². The third-order valence-corrected chi connectivity index (χ3v) is 7.69. The van der Waals surface area contributed by atoms with Gasteiger partial charge in [0.2, 0.25) is 0 Å². The van der Waals surface area contributed by atoms with Crippen molar-refractivity contribution in [3.63, 3.8) is 0 Å². The third-order valence-electron chi connectivity index (χ3n) is 2.99. The normalized spacial score (nSPS) is 13.2. The van der Waals surface area contributed by atoms with Crippen molar-refractivity contribution in [3.8, 4) is 0 Å². The maximum Gasteiger partial charge on any atom is 0.0888 e. The molecule has 0 aliphatic heterocycles. The molecule has 0 fully saturated rings. The highest BCUT2D eigenvalue weighted by Gasteiger charge is 2.20. The minimum absolute atomic E-state index is 0.244. The molecule has 1 unspecified atom stereocenters. The summed E-state index contributed by atoms with van der Waals surface area (Å²) in [7, 11) is 0. The molecule has 1 atom stereocenters. The molecule has 0 bridgehead atoms. The fraction of sp³-hybridized carbons (Fsp3) is 0.286. The van der Waals surface area contributed by atoms with E-state index in [0.29, 0.717) is 0 Å². The van der Waals surface area contributed by atoms with Crippen LogP contribution < -0.4 is 5.32 Å². The lowest BCUT2D eigenvalue weighted by Gasteiger charge is -2.15. The Hall–Kier alpha value is 0.0900. The summed E-state index contributed by atoms with van der Waals surface area (Å²) >= 11 is 15.1. The molecule has 0 aliphatic carbocycles. The molecule has 0 saturated carbocycles. The van der Waals surface area contributed by atoms with E-state index in [4.69, 9.17) is 11.6 Å². The first-order valence-corrected chi connectivity index (χ1v) is 10.0. The van der Waals surface area contributed by atoms with Crippen molar-refractivity contribution in [2.45, 2.75) is 19.4 Å². The molecule has 1 nitrogen and oxygen atoms in total. The zero-order valence-electron chi connectivity index (χ0n) is 10.8. The van der Waals surface area contributed by atoms with Gasteiger partial charge in [-0.15, -0.1) is 34.0 Å². The molecule has 3 rings (SSSR count). The summed E-state index contributed by atoms with van der Waals surface area (Å²) in [6, 6.07) is 6.81. The van der Waals surface area contributed by atoms with E-state index in [2.05, 4.69) is 51.7 Å². The summed E-state index contributed by atoms with van der Waals surface area (Å²) in [5.74, 6) is 0. The highest BCUT2D eigenvalue weighted by atomic mass is 79.9. The quantitative estimate of drug-likeness (QED) is 0.508. The van der Waals surface area contributed by atoms with Crippen molar-refractivity contribution >= 4 is 70.9 Å². The van der Waals surface area contributed by atoms with Crippen LogP contribution in [0.1, 0.15) is 29.1 Å². The van der Waals surface area contributed by atoms with E-state index in [1.165, 1.54) is 19.2 Å². The van der Waals surface area contributed by atoms with Crippen molar-refractivity contribution < 1.29 is 0 Å². The lowest BCUT2D eigenvalue weighted by molar-refractivity contribution is 0.613. The first-order chi connectivity index (χ1) is 9.69. The minimum atomic E-state index is 0.244. The smallest absolute Gasteiger partial charge is 0.0888 e.